The van der Waals surface area contributed by atoms with Gasteiger partial charge in [0, 0.05) is 6.54 Å². The van der Waals surface area contributed by atoms with Crippen LogP contribution in [0.3, 0.4) is 0 Å². The van der Waals surface area contributed by atoms with Crippen LogP contribution in [-0.2, 0) is 11.3 Å². The van der Waals surface area contributed by atoms with Crippen LogP contribution in [0, 0.1) is 12.3 Å². The van der Waals surface area contributed by atoms with Gasteiger partial charge in [-0.2, -0.15) is 0 Å². The van der Waals surface area contributed by atoms with E-state index < -0.39 is 5.97 Å². The van der Waals surface area contributed by atoms with E-state index in [2.05, 4.69) is 29.5 Å². The van der Waals surface area contributed by atoms with Gasteiger partial charge < -0.3 is 9.67 Å². The maximum Gasteiger partial charge on any atom is 0.313 e. The second-order valence-electron chi connectivity index (χ2n) is 5.97. The normalized spacial score (nSPS) is 16.5. The average Bonchev–Trinajstić information content (AvgIpc) is 3.02. The van der Waals surface area contributed by atoms with Crippen molar-refractivity contribution >= 4 is 28.8 Å². The lowest BCUT2D eigenvalue weighted by atomic mass is 10.1. The maximum absolute atomic E-state index is 10.8. The van der Waals surface area contributed by atoms with Gasteiger partial charge in [0.15, 0.2) is 5.16 Å². The Labute approximate surface area is 122 Å². The minimum atomic E-state index is -0.803. The molecule has 1 aromatic carbocycles. The fourth-order valence-electron chi connectivity index (χ4n) is 2.35. The van der Waals surface area contributed by atoms with E-state index in [0.29, 0.717) is 5.41 Å². The van der Waals surface area contributed by atoms with Gasteiger partial charge in [0.25, 0.3) is 0 Å². The molecule has 1 heterocycles. The molecule has 0 spiro atoms. The summed E-state index contributed by atoms with van der Waals surface area (Å²) in [6, 6.07) is 6.20. The van der Waals surface area contributed by atoms with Crippen LogP contribution in [0.4, 0.5) is 0 Å². The Bertz CT molecular complexity index is 674. The molecule has 3 rings (SSSR count). The van der Waals surface area contributed by atoms with Crippen molar-refractivity contribution in [3.05, 3.63) is 23.8 Å². The fourth-order valence-corrected chi connectivity index (χ4v) is 3.09. The van der Waals surface area contributed by atoms with Crippen LogP contribution in [0.2, 0.25) is 0 Å². The number of nitrogens with zero attached hydrogens (tertiary/aromatic N) is 2. The fraction of sp³-hybridized carbons (Fsp3) is 0.467. The van der Waals surface area contributed by atoms with Crippen molar-refractivity contribution in [3.63, 3.8) is 0 Å². The van der Waals surface area contributed by atoms with E-state index in [4.69, 9.17) is 5.11 Å². The summed E-state index contributed by atoms with van der Waals surface area (Å²) in [6.45, 7) is 5.27. The second-order valence-corrected chi connectivity index (χ2v) is 6.91. The molecule has 0 bridgehead atoms. The van der Waals surface area contributed by atoms with Crippen LogP contribution in [0.25, 0.3) is 11.0 Å². The minimum absolute atomic E-state index is 0.0546. The third-order valence-corrected chi connectivity index (χ3v) is 4.80. The van der Waals surface area contributed by atoms with Gasteiger partial charge >= 0.3 is 5.97 Å². The molecule has 106 valence electrons. The highest BCUT2D eigenvalue weighted by Gasteiger charge is 2.38. The van der Waals surface area contributed by atoms with E-state index >= 15 is 0 Å². The van der Waals surface area contributed by atoms with Gasteiger partial charge in [-0.3, -0.25) is 4.79 Å². The number of aryl methyl sites for hydroxylation is 1. The largest absolute Gasteiger partial charge is 0.481 e. The Balaban J connectivity index is 2.02. The summed E-state index contributed by atoms with van der Waals surface area (Å²) in [5, 5.41) is 9.69. The Kier molecular flexibility index (Phi) is 3.24. The summed E-state index contributed by atoms with van der Waals surface area (Å²) < 4.78 is 2.20. The van der Waals surface area contributed by atoms with Gasteiger partial charge in [-0.25, -0.2) is 4.98 Å². The maximum atomic E-state index is 10.8. The van der Waals surface area contributed by atoms with Crippen molar-refractivity contribution in [3.8, 4) is 0 Å². The van der Waals surface area contributed by atoms with E-state index in [0.717, 1.165) is 22.7 Å². The molecular formula is C15H18N2O2S. The zero-order chi connectivity index (χ0) is 14.3. The van der Waals surface area contributed by atoms with E-state index in [1.807, 2.05) is 12.1 Å². The van der Waals surface area contributed by atoms with Crippen molar-refractivity contribution in [1.82, 2.24) is 9.55 Å². The summed E-state index contributed by atoms with van der Waals surface area (Å²) in [7, 11) is 0. The van der Waals surface area contributed by atoms with Gasteiger partial charge in [0.2, 0.25) is 0 Å². The van der Waals surface area contributed by atoms with E-state index in [9.17, 15) is 4.79 Å². The van der Waals surface area contributed by atoms with Crippen molar-refractivity contribution in [2.75, 3.05) is 5.75 Å². The minimum Gasteiger partial charge on any atom is -0.481 e. The molecule has 1 aromatic heterocycles. The molecule has 1 saturated carbocycles. The summed E-state index contributed by atoms with van der Waals surface area (Å²) in [6.07, 6.45) is 2.48. The van der Waals surface area contributed by atoms with Crippen molar-refractivity contribution < 1.29 is 9.90 Å². The molecule has 1 aliphatic rings. The zero-order valence-corrected chi connectivity index (χ0v) is 12.5. The molecule has 0 aliphatic heterocycles. The number of aliphatic carboxylic acids is 1. The number of hydrogen-bond acceptors (Lipinski definition) is 3. The first kappa shape index (κ1) is 13.5. The summed E-state index contributed by atoms with van der Waals surface area (Å²) >= 11 is 1.31. The number of hydrogen-bond donors (Lipinski definition) is 1. The van der Waals surface area contributed by atoms with Crippen LogP contribution in [0.1, 0.15) is 25.3 Å². The highest BCUT2D eigenvalue weighted by molar-refractivity contribution is 7.99. The molecule has 1 aliphatic carbocycles. The van der Waals surface area contributed by atoms with Crippen molar-refractivity contribution in [2.45, 2.75) is 38.4 Å². The highest BCUT2D eigenvalue weighted by atomic mass is 32.2. The number of rotatable bonds is 5. The molecule has 2 aromatic rings. The van der Waals surface area contributed by atoms with Crippen molar-refractivity contribution in [1.29, 1.82) is 0 Å². The number of thioether (sulfide) groups is 1. The van der Waals surface area contributed by atoms with Gasteiger partial charge in [0.05, 0.1) is 16.8 Å². The average molecular weight is 290 g/mol. The number of fused-ring (bicyclic) bond motifs is 1. The SMILES string of the molecule is Cc1ccc2nc(SCC(=O)O)n(CC3(C)CC3)c2c1. The molecule has 0 radical (unpaired) electrons. The third-order valence-electron chi connectivity index (χ3n) is 3.84. The number of carboxylic acids is 1. The number of imidazole rings is 1. The summed E-state index contributed by atoms with van der Waals surface area (Å²) in [5.41, 5.74) is 3.63. The van der Waals surface area contributed by atoms with Gasteiger partial charge in [0.1, 0.15) is 0 Å². The van der Waals surface area contributed by atoms with E-state index in [1.165, 1.54) is 30.2 Å². The van der Waals surface area contributed by atoms with Crippen LogP contribution >= 0.6 is 11.8 Å². The lowest BCUT2D eigenvalue weighted by Crippen LogP contribution is -2.10. The molecule has 0 unspecified atom stereocenters. The van der Waals surface area contributed by atoms with Crippen LogP contribution in [-0.4, -0.2) is 26.4 Å². The standard InChI is InChI=1S/C15H18N2O2S/c1-10-3-4-11-12(7-10)17(9-15(2)5-6-15)14(16-11)20-8-13(18)19/h3-4,7H,5-6,8-9H2,1-2H3,(H,18,19). The molecule has 0 atom stereocenters. The Morgan fingerprint density at radius 1 is 1.50 bits per heavy atom. The zero-order valence-electron chi connectivity index (χ0n) is 11.7. The van der Waals surface area contributed by atoms with Gasteiger partial charge in [-0.15, -0.1) is 0 Å². The Morgan fingerprint density at radius 3 is 2.90 bits per heavy atom. The van der Waals surface area contributed by atoms with Gasteiger partial charge in [-0.05, 0) is 42.9 Å². The predicted octanol–water partition coefficient (Wildman–Crippen LogP) is 3.32. The Hall–Kier alpha value is -1.49. The quantitative estimate of drug-likeness (QED) is 0.858. The molecule has 0 saturated heterocycles. The number of carboxylic acid groups (broad SMARTS) is 1. The second kappa shape index (κ2) is 4.81. The molecular weight excluding hydrogens is 272 g/mol. The first-order valence-electron chi connectivity index (χ1n) is 6.78. The molecule has 4 nitrogen and oxygen atoms in total. The molecule has 1 N–H and O–H groups in total. The molecule has 1 fully saturated rings. The van der Waals surface area contributed by atoms with E-state index in [1.54, 1.807) is 0 Å². The molecule has 5 heteroatoms. The first-order valence-corrected chi connectivity index (χ1v) is 7.77. The molecule has 0 amide bonds. The number of aromatic nitrogens is 2. The van der Waals surface area contributed by atoms with Crippen LogP contribution in [0.5, 0.6) is 0 Å². The monoisotopic (exact) mass is 290 g/mol. The number of carbonyl (C=O) groups is 1. The summed E-state index contributed by atoms with van der Waals surface area (Å²) in [4.78, 5) is 15.4. The predicted molar refractivity (Wildman–Crippen MR) is 80.2 cm³/mol. The Morgan fingerprint density at radius 2 is 2.25 bits per heavy atom. The smallest absolute Gasteiger partial charge is 0.313 e. The third kappa shape index (κ3) is 2.68. The first-order chi connectivity index (χ1) is 9.47. The van der Waals surface area contributed by atoms with Crippen molar-refractivity contribution in [2.24, 2.45) is 5.41 Å². The highest BCUT2D eigenvalue weighted by Crippen LogP contribution is 2.47. The lowest BCUT2D eigenvalue weighted by Gasteiger charge is -2.13. The van der Waals surface area contributed by atoms with Crippen LogP contribution < -0.4 is 0 Å². The van der Waals surface area contributed by atoms with Crippen LogP contribution in [0.15, 0.2) is 23.4 Å². The summed E-state index contributed by atoms with van der Waals surface area (Å²) in [5.74, 6) is -0.749. The van der Waals surface area contributed by atoms with E-state index in [-0.39, 0.29) is 5.75 Å². The van der Waals surface area contributed by atoms with Gasteiger partial charge in [-0.1, -0.05) is 24.8 Å². The number of benzene rings is 1. The lowest BCUT2D eigenvalue weighted by molar-refractivity contribution is -0.133. The molecule has 20 heavy (non-hydrogen) atoms. The topological polar surface area (TPSA) is 55.1 Å².